The van der Waals surface area contributed by atoms with Crippen LogP contribution in [0.3, 0.4) is 0 Å². The number of hydrogen-bond donors (Lipinski definition) is 3. The van der Waals surface area contributed by atoms with Crippen molar-refractivity contribution in [3.05, 3.63) is 76.1 Å². The number of carbonyl (C=O) groups excluding carboxylic acids is 4. The van der Waals surface area contributed by atoms with Crippen LogP contribution in [0.15, 0.2) is 48.7 Å². The van der Waals surface area contributed by atoms with Crippen molar-refractivity contribution in [2.45, 2.75) is 57.3 Å². The normalized spacial score (nSPS) is 22.8. The van der Waals surface area contributed by atoms with Gasteiger partial charge in [0.2, 0.25) is 5.91 Å². The van der Waals surface area contributed by atoms with Crippen molar-refractivity contribution in [1.82, 2.24) is 39.9 Å². The Morgan fingerprint density at radius 3 is 2.44 bits per heavy atom. The van der Waals surface area contributed by atoms with E-state index < -0.39 is 23.6 Å². The molecule has 9 rings (SSSR count). The number of hydrogen-bond acceptors (Lipinski definition) is 10. The third-order valence-electron chi connectivity index (χ3n) is 12.6. The molecule has 5 amide bonds. The number of urea groups is 1. The summed E-state index contributed by atoms with van der Waals surface area (Å²) in [6.45, 7) is 9.28. The number of nitrogens with zero attached hydrogens (tertiary/aromatic N) is 8. The number of amides is 5. The largest absolute Gasteiger partial charge is 0.385 e. The highest BCUT2D eigenvalue weighted by atomic mass is 35.5. The van der Waals surface area contributed by atoms with Crippen molar-refractivity contribution in [1.29, 1.82) is 0 Å². The molecule has 310 valence electrons. The van der Waals surface area contributed by atoms with Gasteiger partial charge in [-0.25, -0.2) is 18.7 Å². The van der Waals surface area contributed by atoms with Crippen molar-refractivity contribution in [3.8, 4) is 0 Å². The highest BCUT2D eigenvalue weighted by Gasteiger charge is 2.52. The predicted molar refractivity (Wildman–Crippen MR) is 222 cm³/mol. The van der Waals surface area contributed by atoms with E-state index in [1.165, 1.54) is 29.1 Å². The Kier molecular flexibility index (Phi) is 10.4. The summed E-state index contributed by atoms with van der Waals surface area (Å²) in [4.78, 5) is 65.7. The average molecular weight is 826 g/mol. The lowest BCUT2D eigenvalue weighted by Crippen LogP contribution is -2.51. The van der Waals surface area contributed by atoms with Gasteiger partial charge in [0.25, 0.3) is 11.8 Å². The SMILES string of the molecule is CNc1cc(N2CCc3c(CN4CCC(CN5CCN(C(=O)c6ccc(Cl)c(N7CCC(=O)NC7=O)c6)CC5)CC4)cccc32)nn2c(C(=O)N[C@@H]3C[C@@]3(C)F)cnc12. The number of alkyl halides is 1. The molecule has 0 unspecified atom stereocenters. The van der Waals surface area contributed by atoms with Crippen LogP contribution in [0.25, 0.3) is 5.65 Å². The van der Waals surface area contributed by atoms with E-state index in [0.717, 1.165) is 76.5 Å². The van der Waals surface area contributed by atoms with Gasteiger partial charge in [-0.05, 0) is 80.6 Å². The Bertz CT molecular complexity index is 2320. The second kappa shape index (κ2) is 15.7. The summed E-state index contributed by atoms with van der Waals surface area (Å²) in [7, 11) is 1.82. The van der Waals surface area contributed by atoms with Gasteiger partial charge in [-0.15, -0.1) is 5.10 Å². The molecule has 15 nitrogen and oxygen atoms in total. The lowest BCUT2D eigenvalue weighted by molar-refractivity contribution is -0.120. The Hall–Kier alpha value is -5.32. The van der Waals surface area contributed by atoms with Gasteiger partial charge in [-0.3, -0.25) is 34.4 Å². The molecule has 2 aromatic heterocycles. The lowest BCUT2D eigenvalue weighted by atomic mass is 9.95. The van der Waals surface area contributed by atoms with Crippen molar-refractivity contribution in [2.75, 3.05) is 81.1 Å². The van der Waals surface area contributed by atoms with E-state index in [1.54, 1.807) is 22.7 Å². The molecule has 59 heavy (non-hydrogen) atoms. The molecule has 1 aliphatic carbocycles. The summed E-state index contributed by atoms with van der Waals surface area (Å²) in [5.41, 5.74) is 4.82. The Morgan fingerprint density at radius 2 is 1.71 bits per heavy atom. The van der Waals surface area contributed by atoms with Gasteiger partial charge in [-0.1, -0.05) is 23.7 Å². The lowest BCUT2D eigenvalue weighted by Gasteiger charge is -2.39. The Labute approximate surface area is 346 Å². The van der Waals surface area contributed by atoms with Crippen LogP contribution in [-0.2, 0) is 17.8 Å². The third kappa shape index (κ3) is 7.80. The molecule has 2 atom stereocenters. The van der Waals surface area contributed by atoms with Crippen LogP contribution in [0.5, 0.6) is 0 Å². The zero-order valence-corrected chi connectivity index (χ0v) is 34.1. The maximum absolute atomic E-state index is 14.2. The van der Waals surface area contributed by atoms with Crippen molar-refractivity contribution in [3.63, 3.8) is 0 Å². The van der Waals surface area contributed by atoms with Gasteiger partial charge in [0, 0.05) is 89.6 Å². The monoisotopic (exact) mass is 825 g/mol. The van der Waals surface area contributed by atoms with Gasteiger partial charge >= 0.3 is 6.03 Å². The molecule has 4 aliphatic heterocycles. The second-order valence-corrected chi connectivity index (χ2v) is 17.0. The van der Waals surface area contributed by atoms with Crippen LogP contribution in [-0.4, -0.2) is 131 Å². The summed E-state index contributed by atoms with van der Waals surface area (Å²) >= 11 is 6.41. The summed E-state index contributed by atoms with van der Waals surface area (Å²) in [5, 5.41) is 13.5. The minimum absolute atomic E-state index is 0.0894. The molecule has 4 fully saturated rings. The van der Waals surface area contributed by atoms with E-state index in [1.807, 2.05) is 18.0 Å². The molecule has 0 radical (unpaired) electrons. The minimum Gasteiger partial charge on any atom is -0.385 e. The van der Waals surface area contributed by atoms with Crippen molar-refractivity contribution in [2.24, 2.45) is 5.92 Å². The number of piperazine rings is 1. The first kappa shape index (κ1) is 39.2. The number of piperidine rings is 1. The summed E-state index contributed by atoms with van der Waals surface area (Å²) < 4.78 is 15.8. The molecule has 5 aliphatic rings. The molecular formula is C42H49ClFN11O4. The fourth-order valence-electron chi connectivity index (χ4n) is 8.99. The second-order valence-electron chi connectivity index (χ2n) is 16.6. The van der Waals surface area contributed by atoms with Gasteiger partial charge in [0.15, 0.2) is 17.2 Å². The third-order valence-corrected chi connectivity index (χ3v) is 13.0. The number of benzene rings is 2. The first-order chi connectivity index (χ1) is 28.4. The fraction of sp³-hybridized carbons (Fsp3) is 0.476. The van der Waals surface area contributed by atoms with E-state index in [9.17, 15) is 23.6 Å². The average Bonchev–Trinajstić information content (AvgIpc) is 3.53. The molecule has 6 heterocycles. The van der Waals surface area contributed by atoms with E-state index >= 15 is 0 Å². The molecular weight excluding hydrogens is 777 g/mol. The molecule has 3 N–H and O–H groups in total. The van der Waals surface area contributed by atoms with E-state index in [2.05, 4.69) is 53.8 Å². The maximum atomic E-state index is 14.2. The zero-order chi connectivity index (χ0) is 41.0. The highest BCUT2D eigenvalue weighted by molar-refractivity contribution is 6.34. The molecule has 0 spiro atoms. The summed E-state index contributed by atoms with van der Waals surface area (Å²) in [6, 6.07) is 12.4. The molecule has 0 bridgehead atoms. The number of imide groups is 1. The van der Waals surface area contributed by atoms with Crippen LogP contribution >= 0.6 is 11.6 Å². The summed E-state index contributed by atoms with van der Waals surface area (Å²) in [6.07, 6.45) is 5.09. The first-order valence-electron chi connectivity index (χ1n) is 20.6. The predicted octanol–water partition coefficient (Wildman–Crippen LogP) is 4.47. The van der Waals surface area contributed by atoms with Crippen LogP contribution in [0.4, 0.5) is 32.1 Å². The van der Waals surface area contributed by atoms with Crippen LogP contribution in [0, 0.1) is 5.92 Å². The van der Waals surface area contributed by atoms with E-state index in [0.29, 0.717) is 53.2 Å². The first-order valence-corrected chi connectivity index (χ1v) is 20.9. The smallest absolute Gasteiger partial charge is 0.328 e. The van der Waals surface area contributed by atoms with Crippen molar-refractivity contribution >= 4 is 63.9 Å². The number of aromatic nitrogens is 3. The number of imidazole rings is 1. The fourth-order valence-corrected chi connectivity index (χ4v) is 9.21. The molecule has 1 saturated carbocycles. The van der Waals surface area contributed by atoms with Gasteiger partial charge < -0.3 is 20.4 Å². The van der Waals surface area contributed by atoms with Crippen LogP contribution < -0.4 is 25.8 Å². The van der Waals surface area contributed by atoms with Gasteiger partial charge in [0.1, 0.15) is 5.67 Å². The number of fused-ring (bicyclic) bond motifs is 2. The van der Waals surface area contributed by atoms with Gasteiger partial charge in [-0.2, -0.15) is 0 Å². The van der Waals surface area contributed by atoms with E-state index in [4.69, 9.17) is 16.7 Å². The highest BCUT2D eigenvalue weighted by Crippen LogP contribution is 2.40. The summed E-state index contributed by atoms with van der Waals surface area (Å²) in [5.74, 6) is 0.494. The number of anilines is 4. The number of rotatable bonds is 10. The molecule has 2 aromatic carbocycles. The Morgan fingerprint density at radius 1 is 0.949 bits per heavy atom. The van der Waals surface area contributed by atoms with Crippen LogP contribution in [0.1, 0.15) is 64.6 Å². The minimum atomic E-state index is -1.38. The van der Waals surface area contributed by atoms with Gasteiger partial charge in [0.05, 0.1) is 28.6 Å². The van der Waals surface area contributed by atoms with Crippen molar-refractivity contribution < 1.29 is 23.6 Å². The van der Waals surface area contributed by atoms with Crippen LogP contribution in [0.2, 0.25) is 5.02 Å². The Balaban J connectivity index is 0.783. The standard InChI is InChI=1S/C42H49ClFN11O4/c1-42(44)22-35(42)47-39(57)34-23-46-38-31(45-2)21-36(49-55(34)38)53-14-10-29-28(4-3-5-32(29)53)25-50-12-8-26(9-13-50)24-51-16-18-52(19-17-51)40(58)27-6-7-30(43)33(20-27)54-15-11-37(56)48-41(54)59/h3-7,20-21,23,26,35,45H,8-19,22,24-25H2,1-2H3,(H,47,57)(H,48,56,59)/t35-,42-/m1/s1. The molecule has 17 heteroatoms. The van der Waals surface area contributed by atoms with E-state index in [-0.39, 0.29) is 30.5 Å². The quantitative estimate of drug-likeness (QED) is 0.209. The number of carbonyl (C=O) groups is 4. The molecule has 3 saturated heterocycles. The number of nitrogens with one attached hydrogen (secondary N) is 3. The number of likely N-dealkylation sites (tertiary alicyclic amines) is 1. The topological polar surface area (TPSA) is 151 Å². The molecule has 4 aromatic rings. The maximum Gasteiger partial charge on any atom is 0.328 e. The zero-order valence-electron chi connectivity index (χ0n) is 33.3. The number of halogens is 2.